The molecule has 0 amide bonds. The number of thiazole rings is 1. The van der Waals surface area contributed by atoms with Crippen LogP contribution in [-0.4, -0.2) is 21.5 Å². The zero-order valence-corrected chi connectivity index (χ0v) is 17.5. The van der Waals surface area contributed by atoms with E-state index in [0.29, 0.717) is 5.95 Å². The number of unbranched alkanes of at least 4 members (excludes halogenated alkanes) is 1. The Hall–Kier alpha value is -3.05. The van der Waals surface area contributed by atoms with Gasteiger partial charge in [0.15, 0.2) is 0 Å². The zero-order chi connectivity index (χ0) is 20.1. The highest BCUT2D eigenvalue weighted by atomic mass is 32.1. The molecule has 4 nitrogen and oxygen atoms in total. The molecule has 2 aromatic heterocycles. The van der Waals surface area contributed by atoms with E-state index in [1.54, 1.807) is 11.3 Å². The molecule has 0 bridgehead atoms. The minimum absolute atomic E-state index is 0.678. The third-order valence-corrected chi connectivity index (χ3v) is 5.97. The first-order valence-corrected chi connectivity index (χ1v) is 10.8. The molecule has 29 heavy (non-hydrogen) atoms. The molecule has 0 unspecified atom stereocenters. The molecule has 0 aliphatic carbocycles. The first-order chi connectivity index (χ1) is 14.2. The first kappa shape index (κ1) is 19.3. The maximum Gasteiger partial charge on any atom is 0.223 e. The zero-order valence-electron chi connectivity index (χ0n) is 16.7. The van der Waals surface area contributed by atoms with Gasteiger partial charge in [0.05, 0.1) is 16.3 Å². The molecular formula is C24H24N4S. The molecule has 0 aliphatic heterocycles. The van der Waals surface area contributed by atoms with Gasteiger partial charge in [-0.2, -0.15) is 0 Å². The molecule has 4 aromatic rings. The monoisotopic (exact) mass is 400 g/mol. The average Bonchev–Trinajstić information content (AvgIpc) is 3.17. The van der Waals surface area contributed by atoms with Crippen LogP contribution in [-0.2, 0) is 0 Å². The van der Waals surface area contributed by atoms with Crippen LogP contribution in [0.1, 0.15) is 25.5 Å². The number of aromatic nitrogens is 3. The van der Waals surface area contributed by atoms with Crippen LogP contribution in [0, 0.1) is 6.92 Å². The van der Waals surface area contributed by atoms with Crippen molar-refractivity contribution in [3.63, 3.8) is 0 Å². The third kappa shape index (κ3) is 4.51. The van der Waals surface area contributed by atoms with Crippen LogP contribution in [0.4, 0.5) is 5.95 Å². The Morgan fingerprint density at radius 2 is 1.59 bits per heavy atom. The van der Waals surface area contributed by atoms with Crippen molar-refractivity contribution in [3.05, 3.63) is 72.6 Å². The van der Waals surface area contributed by atoms with E-state index in [1.165, 1.54) is 11.1 Å². The molecule has 2 heterocycles. The highest BCUT2D eigenvalue weighted by Gasteiger charge is 2.13. The van der Waals surface area contributed by atoms with E-state index in [2.05, 4.69) is 70.7 Å². The summed E-state index contributed by atoms with van der Waals surface area (Å²) < 4.78 is 0. The van der Waals surface area contributed by atoms with E-state index in [4.69, 9.17) is 4.98 Å². The van der Waals surface area contributed by atoms with Crippen LogP contribution in [0.3, 0.4) is 0 Å². The number of nitrogens with zero attached hydrogens (tertiary/aromatic N) is 3. The van der Waals surface area contributed by atoms with Gasteiger partial charge < -0.3 is 5.32 Å². The van der Waals surface area contributed by atoms with Crippen LogP contribution in [0.2, 0.25) is 0 Å². The van der Waals surface area contributed by atoms with Crippen molar-refractivity contribution in [3.8, 4) is 32.3 Å². The summed E-state index contributed by atoms with van der Waals surface area (Å²) >= 11 is 1.68. The Balaban J connectivity index is 1.57. The molecule has 4 rings (SSSR count). The van der Waals surface area contributed by atoms with Crippen molar-refractivity contribution >= 4 is 17.3 Å². The second kappa shape index (κ2) is 8.97. The van der Waals surface area contributed by atoms with Crippen molar-refractivity contribution in [2.45, 2.75) is 26.7 Å². The maximum absolute atomic E-state index is 4.80. The minimum atomic E-state index is 0.678. The topological polar surface area (TPSA) is 50.7 Å². The van der Waals surface area contributed by atoms with E-state index < -0.39 is 0 Å². The quantitative estimate of drug-likeness (QED) is 0.362. The van der Waals surface area contributed by atoms with E-state index in [1.807, 2.05) is 25.3 Å². The number of anilines is 1. The van der Waals surface area contributed by atoms with Gasteiger partial charge in [-0.1, -0.05) is 67.9 Å². The highest BCUT2D eigenvalue weighted by molar-refractivity contribution is 7.18. The normalized spacial score (nSPS) is 10.8. The Bertz CT molecular complexity index is 1070. The Labute approximate surface area is 175 Å². The second-order valence-corrected chi connectivity index (χ2v) is 7.92. The summed E-state index contributed by atoms with van der Waals surface area (Å²) in [5.74, 6) is 0.678. The summed E-state index contributed by atoms with van der Waals surface area (Å²) in [5, 5.41) is 4.31. The summed E-state index contributed by atoms with van der Waals surface area (Å²) in [6.45, 7) is 5.11. The summed E-state index contributed by atoms with van der Waals surface area (Å²) in [5.41, 5.74) is 5.47. The van der Waals surface area contributed by atoms with Crippen LogP contribution in [0.5, 0.6) is 0 Å². The largest absolute Gasteiger partial charge is 0.354 e. The van der Waals surface area contributed by atoms with E-state index in [9.17, 15) is 0 Å². The summed E-state index contributed by atoms with van der Waals surface area (Å²) in [6, 6.07) is 21.0. The summed E-state index contributed by atoms with van der Waals surface area (Å²) in [4.78, 5) is 14.9. The molecule has 0 atom stereocenters. The number of hydrogen-bond donors (Lipinski definition) is 1. The highest BCUT2D eigenvalue weighted by Crippen LogP contribution is 2.35. The third-order valence-electron chi connectivity index (χ3n) is 4.74. The second-order valence-electron chi connectivity index (χ2n) is 6.92. The number of benzene rings is 2. The van der Waals surface area contributed by atoms with Gasteiger partial charge in [-0.25, -0.2) is 15.0 Å². The van der Waals surface area contributed by atoms with Crippen LogP contribution in [0.15, 0.2) is 66.9 Å². The van der Waals surface area contributed by atoms with Gasteiger partial charge in [-0.3, -0.25) is 0 Å². The van der Waals surface area contributed by atoms with E-state index in [-0.39, 0.29) is 0 Å². The number of hydrogen-bond acceptors (Lipinski definition) is 5. The van der Waals surface area contributed by atoms with Gasteiger partial charge in [-0.05, 0) is 30.5 Å². The standard InChI is InChI=1S/C24H24N4S/c1-3-4-15-25-24-26-16-14-21(28-24)22-17(2)27-23(29-22)20-12-10-19(11-13-20)18-8-6-5-7-9-18/h5-14,16H,3-4,15H2,1-2H3,(H,25,26,28). The summed E-state index contributed by atoms with van der Waals surface area (Å²) in [6.07, 6.45) is 4.06. The predicted molar refractivity (Wildman–Crippen MR) is 122 cm³/mol. The Kier molecular flexibility index (Phi) is 5.96. The molecule has 0 spiro atoms. The molecule has 146 valence electrons. The molecule has 1 N–H and O–H groups in total. The van der Waals surface area contributed by atoms with Gasteiger partial charge in [0.25, 0.3) is 0 Å². The molecule has 5 heteroatoms. The van der Waals surface area contributed by atoms with Crippen molar-refractivity contribution < 1.29 is 0 Å². The number of aryl methyl sites for hydroxylation is 1. The molecule has 0 aliphatic rings. The van der Waals surface area contributed by atoms with Gasteiger partial charge in [0.2, 0.25) is 5.95 Å². The lowest BCUT2D eigenvalue weighted by molar-refractivity contribution is 0.826. The van der Waals surface area contributed by atoms with E-state index >= 15 is 0 Å². The molecule has 0 radical (unpaired) electrons. The van der Waals surface area contributed by atoms with Crippen molar-refractivity contribution in [2.24, 2.45) is 0 Å². The lowest BCUT2D eigenvalue weighted by Gasteiger charge is -2.05. The molecule has 0 saturated heterocycles. The predicted octanol–water partition coefficient (Wildman–Crippen LogP) is 6.45. The van der Waals surface area contributed by atoms with E-state index in [0.717, 1.165) is 46.2 Å². The van der Waals surface area contributed by atoms with Gasteiger partial charge in [0.1, 0.15) is 5.01 Å². The van der Waals surface area contributed by atoms with Crippen LogP contribution < -0.4 is 5.32 Å². The Morgan fingerprint density at radius 3 is 2.34 bits per heavy atom. The fraction of sp³-hybridized carbons (Fsp3) is 0.208. The molecule has 2 aromatic carbocycles. The SMILES string of the molecule is CCCCNc1nccc(-c2sc(-c3ccc(-c4ccccc4)cc3)nc2C)n1. The maximum atomic E-state index is 4.80. The Morgan fingerprint density at radius 1 is 0.862 bits per heavy atom. The van der Waals surface area contributed by atoms with Crippen molar-refractivity contribution in [1.29, 1.82) is 0 Å². The minimum Gasteiger partial charge on any atom is -0.354 e. The molecule has 0 saturated carbocycles. The van der Waals surface area contributed by atoms with Crippen LogP contribution in [0.25, 0.3) is 32.3 Å². The van der Waals surface area contributed by atoms with Gasteiger partial charge in [0, 0.05) is 18.3 Å². The van der Waals surface area contributed by atoms with Crippen molar-refractivity contribution in [1.82, 2.24) is 15.0 Å². The number of nitrogens with one attached hydrogen (secondary N) is 1. The van der Waals surface area contributed by atoms with Gasteiger partial charge >= 0.3 is 0 Å². The number of rotatable bonds is 7. The molecular weight excluding hydrogens is 376 g/mol. The van der Waals surface area contributed by atoms with Crippen molar-refractivity contribution in [2.75, 3.05) is 11.9 Å². The van der Waals surface area contributed by atoms with Crippen LogP contribution >= 0.6 is 11.3 Å². The average molecular weight is 401 g/mol. The fourth-order valence-corrected chi connectivity index (χ4v) is 4.18. The van der Waals surface area contributed by atoms with Gasteiger partial charge in [-0.15, -0.1) is 11.3 Å². The smallest absolute Gasteiger partial charge is 0.223 e. The molecule has 0 fully saturated rings. The lowest BCUT2D eigenvalue weighted by Crippen LogP contribution is -2.05. The lowest BCUT2D eigenvalue weighted by atomic mass is 10.0. The summed E-state index contributed by atoms with van der Waals surface area (Å²) in [7, 11) is 0. The first-order valence-electron chi connectivity index (χ1n) is 9.95. The fourth-order valence-electron chi connectivity index (χ4n) is 3.14.